The summed E-state index contributed by atoms with van der Waals surface area (Å²) >= 11 is 0. The third-order valence-electron chi connectivity index (χ3n) is 11.9. The van der Waals surface area contributed by atoms with Gasteiger partial charge in [-0.15, -0.1) is 0 Å². The fourth-order valence-electron chi connectivity index (χ4n) is 7.85. The zero-order chi connectivity index (χ0) is 45.2. The molecule has 3 unspecified atom stereocenters. The van der Waals surface area contributed by atoms with Gasteiger partial charge in [-0.2, -0.15) is 0 Å². The van der Waals surface area contributed by atoms with Crippen molar-refractivity contribution >= 4 is 11.9 Å². The molecular weight excluding hydrogens is 767 g/mol. The summed E-state index contributed by atoms with van der Waals surface area (Å²) in [5.74, 6) is -0.506. The Hall–Kier alpha value is -2.44. The second kappa shape index (κ2) is 49.6. The lowest BCUT2D eigenvalue weighted by Crippen LogP contribution is -2.46. The molecule has 0 spiro atoms. The van der Waals surface area contributed by atoms with Crippen molar-refractivity contribution in [1.82, 2.24) is 5.32 Å². The molecule has 3 N–H and O–H groups in total. The number of unbranched alkanes of at least 4 members (excludes halogenated alkanes) is 26. The molecule has 0 aromatic heterocycles. The van der Waals surface area contributed by atoms with Gasteiger partial charge in [0.25, 0.3) is 0 Å². The van der Waals surface area contributed by atoms with E-state index in [0.717, 1.165) is 96.3 Å². The van der Waals surface area contributed by atoms with E-state index >= 15 is 0 Å². The van der Waals surface area contributed by atoms with Crippen molar-refractivity contribution in [3.05, 3.63) is 60.8 Å². The SMILES string of the molecule is CC/C=C/C/C=C/C/C=C/CCCCCCC(CC(=O)NC(CO)C(O)CCCCCCCCCCCCCCCC)OC(=O)CCCCCCCC/C=C/C=C/CCCCC. The van der Waals surface area contributed by atoms with Gasteiger partial charge >= 0.3 is 5.97 Å². The fraction of sp³-hybridized carbons (Fsp3) is 0.786. The van der Waals surface area contributed by atoms with Crippen LogP contribution in [0.15, 0.2) is 60.8 Å². The number of hydrogen-bond donors (Lipinski definition) is 3. The number of ether oxygens (including phenoxy) is 1. The van der Waals surface area contributed by atoms with Gasteiger partial charge in [0, 0.05) is 6.42 Å². The van der Waals surface area contributed by atoms with Gasteiger partial charge in [-0.05, 0) is 83.5 Å². The minimum Gasteiger partial charge on any atom is -0.462 e. The highest BCUT2D eigenvalue weighted by atomic mass is 16.5. The summed E-state index contributed by atoms with van der Waals surface area (Å²) < 4.78 is 5.93. The molecular formula is C56H101NO5. The standard InChI is InChI=1S/C56H101NO5/c1-4-7-10-13-16-19-22-25-28-31-34-37-40-43-46-49-56(61)62-52(47-44-41-38-35-32-29-26-23-20-17-14-11-8-5-2)50-55(60)57-53(51-58)54(59)48-45-42-39-36-33-30-27-24-21-18-15-12-9-6-3/h8,11,16-17,19-20,22,25-26,29,52-54,58-59H,4-7,9-10,12-15,18,21,23-24,27-28,30-51H2,1-3H3,(H,57,60)/b11-8+,19-16+,20-17+,25-22+,29-26+. The summed E-state index contributed by atoms with van der Waals surface area (Å²) in [5.41, 5.74) is 0. The molecule has 6 nitrogen and oxygen atoms in total. The molecule has 1 amide bonds. The van der Waals surface area contributed by atoms with Crippen molar-refractivity contribution in [2.75, 3.05) is 6.61 Å². The second-order valence-electron chi connectivity index (χ2n) is 17.9. The number of nitrogens with one attached hydrogen (secondary N) is 1. The molecule has 0 bridgehead atoms. The van der Waals surface area contributed by atoms with Gasteiger partial charge in [-0.1, -0.05) is 223 Å². The molecule has 0 aromatic carbocycles. The average Bonchev–Trinajstić information content (AvgIpc) is 3.26. The quantitative estimate of drug-likeness (QED) is 0.0245. The Morgan fingerprint density at radius 2 is 0.919 bits per heavy atom. The first-order valence-electron chi connectivity index (χ1n) is 26.5. The lowest BCUT2D eigenvalue weighted by atomic mass is 10.0. The highest BCUT2D eigenvalue weighted by Gasteiger charge is 2.24. The highest BCUT2D eigenvalue weighted by Crippen LogP contribution is 2.18. The Balaban J connectivity index is 4.62. The predicted octanol–water partition coefficient (Wildman–Crippen LogP) is 16.0. The summed E-state index contributed by atoms with van der Waals surface area (Å²) in [6.45, 7) is 6.34. The number of carbonyl (C=O) groups excluding carboxylic acids is 2. The van der Waals surface area contributed by atoms with Crippen molar-refractivity contribution in [1.29, 1.82) is 0 Å². The topological polar surface area (TPSA) is 95.9 Å². The number of hydrogen-bond acceptors (Lipinski definition) is 5. The number of carbonyl (C=O) groups is 2. The molecule has 3 atom stereocenters. The fourth-order valence-corrected chi connectivity index (χ4v) is 7.85. The number of aliphatic hydroxyl groups excluding tert-OH is 2. The van der Waals surface area contributed by atoms with E-state index in [0.29, 0.717) is 19.3 Å². The minimum atomic E-state index is -0.797. The van der Waals surface area contributed by atoms with Gasteiger partial charge in [-0.3, -0.25) is 9.59 Å². The molecule has 0 saturated heterocycles. The summed E-state index contributed by atoms with van der Waals surface area (Å²) in [5, 5.41) is 23.8. The van der Waals surface area contributed by atoms with Crippen LogP contribution in [0.2, 0.25) is 0 Å². The Morgan fingerprint density at radius 1 is 0.500 bits per heavy atom. The normalized spacial score (nSPS) is 13.7. The maximum Gasteiger partial charge on any atom is 0.306 e. The van der Waals surface area contributed by atoms with Crippen molar-refractivity contribution in [2.45, 2.75) is 277 Å². The number of rotatable bonds is 47. The maximum atomic E-state index is 13.2. The molecule has 6 heteroatoms. The molecule has 62 heavy (non-hydrogen) atoms. The van der Waals surface area contributed by atoms with Crippen LogP contribution >= 0.6 is 0 Å². The van der Waals surface area contributed by atoms with Gasteiger partial charge in [0.1, 0.15) is 6.10 Å². The monoisotopic (exact) mass is 868 g/mol. The van der Waals surface area contributed by atoms with Crippen LogP contribution in [0.4, 0.5) is 0 Å². The first kappa shape index (κ1) is 59.6. The van der Waals surface area contributed by atoms with Crippen LogP contribution in [0, 0.1) is 0 Å². The Morgan fingerprint density at radius 3 is 1.45 bits per heavy atom. The summed E-state index contributed by atoms with van der Waals surface area (Å²) in [7, 11) is 0. The van der Waals surface area contributed by atoms with Crippen molar-refractivity contribution < 1.29 is 24.5 Å². The van der Waals surface area contributed by atoms with Crippen LogP contribution < -0.4 is 5.32 Å². The Labute approximate surface area is 384 Å². The molecule has 0 aliphatic rings. The molecule has 0 aliphatic heterocycles. The van der Waals surface area contributed by atoms with Crippen LogP contribution in [-0.4, -0.2) is 46.9 Å². The summed E-state index contributed by atoms with van der Waals surface area (Å²) in [6.07, 6.45) is 61.3. The first-order valence-corrected chi connectivity index (χ1v) is 26.5. The number of aliphatic hydroxyl groups is 2. The average molecular weight is 868 g/mol. The van der Waals surface area contributed by atoms with E-state index < -0.39 is 18.2 Å². The molecule has 0 aromatic rings. The smallest absolute Gasteiger partial charge is 0.306 e. The molecule has 360 valence electrons. The summed E-state index contributed by atoms with van der Waals surface area (Å²) in [4.78, 5) is 26.2. The van der Waals surface area contributed by atoms with Crippen molar-refractivity contribution in [2.24, 2.45) is 0 Å². The van der Waals surface area contributed by atoms with Gasteiger partial charge in [-0.25, -0.2) is 0 Å². The van der Waals surface area contributed by atoms with E-state index in [9.17, 15) is 19.8 Å². The van der Waals surface area contributed by atoms with Crippen molar-refractivity contribution in [3.63, 3.8) is 0 Å². The van der Waals surface area contributed by atoms with E-state index in [1.54, 1.807) is 0 Å². The zero-order valence-electron chi connectivity index (χ0n) is 41.0. The van der Waals surface area contributed by atoms with E-state index in [-0.39, 0.29) is 24.9 Å². The molecule has 0 rings (SSSR count). The van der Waals surface area contributed by atoms with Crippen LogP contribution in [0.3, 0.4) is 0 Å². The van der Waals surface area contributed by atoms with E-state index in [1.807, 2.05) is 0 Å². The van der Waals surface area contributed by atoms with Crippen LogP contribution in [0.25, 0.3) is 0 Å². The van der Waals surface area contributed by atoms with E-state index in [1.165, 1.54) is 116 Å². The van der Waals surface area contributed by atoms with Crippen LogP contribution in [0.1, 0.15) is 258 Å². The molecule has 0 radical (unpaired) electrons. The Bertz CT molecular complexity index is 1110. The van der Waals surface area contributed by atoms with Gasteiger partial charge in [0.05, 0.1) is 25.2 Å². The lowest BCUT2D eigenvalue weighted by Gasteiger charge is -2.24. The number of esters is 1. The number of amides is 1. The Kier molecular flexibility index (Phi) is 47.6. The third kappa shape index (κ3) is 44.2. The lowest BCUT2D eigenvalue weighted by molar-refractivity contribution is -0.151. The second-order valence-corrected chi connectivity index (χ2v) is 17.9. The van der Waals surface area contributed by atoms with Gasteiger partial charge in [0.2, 0.25) is 5.91 Å². The predicted molar refractivity (Wildman–Crippen MR) is 268 cm³/mol. The van der Waals surface area contributed by atoms with Gasteiger partial charge in [0.15, 0.2) is 0 Å². The third-order valence-corrected chi connectivity index (χ3v) is 11.9. The van der Waals surface area contributed by atoms with E-state index in [4.69, 9.17) is 4.74 Å². The molecule has 0 fully saturated rings. The molecule has 0 heterocycles. The van der Waals surface area contributed by atoms with Crippen LogP contribution in [0.5, 0.6) is 0 Å². The van der Waals surface area contributed by atoms with Crippen LogP contribution in [-0.2, 0) is 14.3 Å². The first-order chi connectivity index (χ1) is 30.5. The summed E-state index contributed by atoms with van der Waals surface area (Å²) in [6, 6.07) is -0.713. The van der Waals surface area contributed by atoms with E-state index in [2.05, 4.69) is 86.8 Å². The molecule has 0 aliphatic carbocycles. The largest absolute Gasteiger partial charge is 0.462 e. The van der Waals surface area contributed by atoms with Crippen molar-refractivity contribution in [3.8, 4) is 0 Å². The molecule has 0 saturated carbocycles. The minimum absolute atomic E-state index is 0.0569. The highest BCUT2D eigenvalue weighted by molar-refractivity contribution is 5.77. The maximum absolute atomic E-state index is 13.2. The van der Waals surface area contributed by atoms with Gasteiger partial charge < -0.3 is 20.3 Å². The number of allylic oxidation sites excluding steroid dienone is 10. The zero-order valence-corrected chi connectivity index (χ0v) is 41.0.